The van der Waals surface area contributed by atoms with Crippen LogP contribution in [0.15, 0.2) is 52.7 Å². The number of allylic oxidation sites excluding steroid dienone is 3. The highest BCUT2D eigenvalue weighted by molar-refractivity contribution is 5.95. The lowest BCUT2D eigenvalue weighted by molar-refractivity contribution is -0.166. The Hall–Kier alpha value is -2.10. The lowest BCUT2D eigenvalue weighted by Gasteiger charge is -2.61. The largest absolute Gasteiger partial charge is 0.396 e. The molecule has 1 aromatic heterocycles. The van der Waals surface area contributed by atoms with Gasteiger partial charge in [0, 0.05) is 42.1 Å². The van der Waals surface area contributed by atoms with Gasteiger partial charge in [0.05, 0.1) is 36.8 Å². The lowest BCUT2D eigenvalue weighted by atomic mass is 9.44. The van der Waals surface area contributed by atoms with Crippen LogP contribution in [0.4, 0.5) is 0 Å². The van der Waals surface area contributed by atoms with Gasteiger partial charge in [-0.15, -0.1) is 0 Å². The molecular weight excluding hydrogens is 652 g/mol. The molecule has 0 spiro atoms. The molecule has 0 radical (unpaired) electrons. The van der Waals surface area contributed by atoms with Crippen LogP contribution in [0.2, 0.25) is 0 Å². The summed E-state index contributed by atoms with van der Waals surface area (Å²) in [6.45, 7) is 7.60. The molecule has 8 aliphatic carbocycles. The van der Waals surface area contributed by atoms with E-state index in [9.17, 15) is 30.3 Å². The Balaban J connectivity index is 1.10. The van der Waals surface area contributed by atoms with Crippen molar-refractivity contribution >= 4 is 5.78 Å². The van der Waals surface area contributed by atoms with Gasteiger partial charge in [-0.3, -0.25) is 4.79 Å². The van der Waals surface area contributed by atoms with Gasteiger partial charge in [0.2, 0.25) is 0 Å². The summed E-state index contributed by atoms with van der Waals surface area (Å²) in [6, 6.07) is 0. The zero-order valence-electron chi connectivity index (χ0n) is 31.6. The molecule has 8 aliphatic rings. The fourth-order valence-electron chi connectivity index (χ4n) is 14.7. The first-order valence-electron chi connectivity index (χ1n) is 20.9. The average Bonchev–Trinajstić information content (AvgIpc) is 3.76. The SMILES string of the molecule is CC(C)(CCn1ccnc1)C1=C2CCCC[C@H]2C2=C3[C@H](CCC2)C[C@@H]([C@H]2CC[C@@]4(O)C5=CC(=O)[C@@H]6C[C@@H](O)[C@@H](O)C[C@]6(C)[C@H]5CC[C@]24CO)[C@H](O)[C@H]31. The van der Waals surface area contributed by atoms with Gasteiger partial charge in [-0.25, -0.2) is 4.98 Å². The number of carbonyl (C=O) groups is 1. The number of nitrogens with zero attached hydrogens (tertiary/aromatic N) is 2. The highest BCUT2D eigenvalue weighted by atomic mass is 16.3. The predicted octanol–water partition coefficient (Wildman–Crippen LogP) is 6.07. The zero-order chi connectivity index (χ0) is 36.4. The van der Waals surface area contributed by atoms with Gasteiger partial charge in [-0.2, -0.15) is 0 Å². The second-order valence-electron chi connectivity index (χ2n) is 19.7. The minimum Gasteiger partial charge on any atom is -0.396 e. The van der Waals surface area contributed by atoms with E-state index in [2.05, 4.69) is 30.3 Å². The van der Waals surface area contributed by atoms with Crippen molar-refractivity contribution < 1.29 is 30.3 Å². The van der Waals surface area contributed by atoms with Crippen LogP contribution in [0.1, 0.15) is 117 Å². The number of carbonyl (C=O) groups excluding carboxylic acids is 1. The third-order valence-electron chi connectivity index (χ3n) is 17.1. The second-order valence-corrected chi connectivity index (χ2v) is 19.7. The maximum absolute atomic E-state index is 13.9. The van der Waals surface area contributed by atoms with Crippen LogP contribution in [0, 0.1) is 57.7 Å². The van der Waals surface area contributed by atoms with Crippen molar-refractivity contribution in [3.63, 3.8) is 0 Å². The molecule has 0 amide bonds. The summed E-state index contributed by atoms with van der Waals surface area (Å²) < 4.78 is 2.17. The number of hydrogen-bond acceptors (Lipinski definition) is 7. The third-order valence-corrected chi connectivity index (χ3v) is 17.1. The first kappa shape index (κ1) is 35.6. The first-order chi connectivity index (χ1) is 24.8. The Morgan fingerprint density at radius 1 is 0.962 bits per heavy atom. The molecule has 0 unspecified atom stereocenters. The zero-order valence-corrected chi connectivity index (χ0v) is 31.6. The Morgan fingerprint density at radius 3 is 2.54 bits per heavy atom. The Morgan fingerprint density at radius 2 is 1.77 bits per heavy atom. The van der Waals surface area contributed by atoms with Crippen molar-refractivity contribution in [3.8, 4) is 0 Å². The van der Waals surface area contributed by atoms with Crippen molar-refractivity contribution in [2.75, 3.05) is 6.61 Å². The minimum atomic E-state index is -1.35. The summed E-state index contributed by atoms with van der Waals surface area (Å²) in [7, 11) is 0. The molecule has 1 heterocycles. The van der Waals surface area contributed by atoms with Crippen molar-refractivity contribution in [3.05, 3.63) is 52.7 Å². The highest BCUT2D eigenvalue weighted by Crippen LogP contribution is 2.70. The number of hydrogen-bond donors (Lipinski definition) is 5. The molecule has 0 aromatic carbocycles. The Kier molecular flexibility index (Phi) is 8.53. The minimum absolute atomic E-state index is 0.0211. The van der Waals surface area contributed by atoms with Crippen LogP contribution in [-0.4, -0.2) is 71.4 Å². The number of rotatable bonds is 6. The molecule has 0 saturated heterocycles. The molecular formula is C44H62N2O6. The molecule has 0 bridgehead atoms. The van der Waals surface area contributed by atoms with Crippen LogP contribution in [0.3, 0.4) is 0 Å². The number of ketones is 1. The van der Waals surface area contributed by atoms with Crippen molar-refractivity contribution in [2.24, 2.45) is 57.7 Å². The number of imidazole rings is 1. The third kappa shape index (κ3) is 4.88. The summed E-state index contributed by atoms with van der Waals surface area (Å²) >= 11 is 0. The molecule has 52 heavy (non-hydrogen) atoms. The van der Waals surface area contributed by atoms with Gasteiger partial charge < -0.3 is 30.1 Å². The quantitative estimate of drug-likeness (QED) is 0.226. The summed E-state index contributed by atoms with van der Waals surface area (Å²) in [5.41, 5.74) is 4.19. The summed E-state index contributed by atoms with van der Waals surface area (Å²) in [4.78, 5) is 18.2. The number of aromatic nitrogens is 2. The molecule has 0 aliphatic heterocycles. The molecule has 8 nitrogen and oxygen atoms in total. The maximum atomic E-state index is 13.9. The normalized spacial score (nSPS) is 45.8. The summed E-state index contributed by atoms with van der Waals surface area (Å²) in [5.74, 6) is 0.230. The fourth-order valence-corrected chi connectivity index (χ4v) is 14.7. The van der Waals surface area contributed by atoms with E-state index in [0.29, 0.717) is 37.5 Å². The van der Waals surface area contributed by atoms with Gasteiger partial charge in [-0.1, -0.05) is 49.5 Å². The van der Waals surface area contributed by atoms with E-state index >= 15 is 0 Å². The average molecular weight is 715 g/mol. The molecule has 9 rings (SSSR count). The monoisotopic (exact) mass is 714 g/mol. The molecule has 8 heteroatoms. The van der Waals surface area contributed by atoms with E-state index in [4.69, 9.17) is 0 Å². The first-order valence-corrected chi connectivity index (χ1v) is 20.9. The topological polar surface area (TPSA) is 136 Å². The van der Waals surface area contributed by atoms with E-state index in [0.717, 1.165) is 50.6 Å². The molecule has 1 aromatic rings. The second kappa shape index (κ2) is 12.5. The summed E-state index contributed by atoms with van der Waals surface area (Å²) in [5, 5.41) is 59.1. The van der Waals surface area contributed by atoms with Gasteiger partial charge in [0.1, 0.15) is 0 Å². The van der Waals surface area contributed by atoms with Crippen molar-refractivity contribution in [1.29, 1.82) is 0 Å². The highest BCUT2D eigenvalue weighted by Gasteiger charge is 2.70. The van der Waals surface area contributed by atoms with E-state index in [1.165, 1.54) is 31.3 Å². The van der Waals surface area contributed by atoms with Crippen LogP contribution in [-0.2, 0) is 11.3 Å². The van der Waals surface area contributed by atoms with E-state index in [1.807, 2.05) is 18.7 Å². The summed E-state index contributed by atoms with van der Waals surface area (Å²) in [6.07, 6.45) is 18.3. The van der Waals surface area contributed by atoms with Gasteiger partial charge >= 0.3 is 0 Å². The molecule has 5 saturated carbocycles. The van der Waals surface area contributed by atoms with Gasteiger partial charge in [0.15, 0.2) is 5.78 Å². The van der Waals surface area contributed by atoms with Gasteiger partial charge in [0.25, 0.3) is 0 Å². The van der Waals surface area contributed by atoms with Gasteiger partial charge in [-0.05, 0) is 136 Å². The number of aliphatic hydroxyl groups is 5. The Labute approximate surface area is 309 Å². The Bertz CT molecular complexity index is 1690. The number of fused-ring (bicyclic) bond motifs is 7. The van der Waals surface area contributed by atoms with E-state index < -0.39 is 34.7 Å². The molecule has 5 fully saturated rings. The fraction of sp³-hybridized carbons (Fsp3) is 0.773. The maximum Gasteiger partial charge on any atom is 0.159 e. The van der Waals surface area contributed by atoms with Crippen molar-refractivity contribution in [2.45, 2.75) is 148 Å². The van der Waals surface area contributed by atoms with Crippen LogP contribution >= 0.6 is 0 Å². The number of aryl methyl sites for hydroxylation is 1. The lowest BCUT2D eigenvalue weighted by Crippen LogP contribution is -2.63. The van der Waals surface area contributed by atoms with Crippen LogP contribution in [0.25, 0.3) is 0 Å². The number of aliphatic hydroxyl groups excluding tert-OH is 4. The standard InChI is InChI=1S/C44H62N2O6/c1-41(2,15-17-46-18-16-45-24-46)39-28-9-5-4-8-26(28)27-10-6-7-25-19-29(40(51)38(39)37(25)27)30-12-14-44(52)32-20-34(48)33-21-35(49)36(50)22-42(33,3)31(32)11-13-43(30,44)23-47/h16,18,20,24-26,29-31,33,35-36,38,40,47,49-52H,4-15,17,19,21-23H2,1-3H3/t25-,26+,29+,30-,31+,33+,35-,36+,38-,40+,42-,43+,44-/m1/s1. The van der Waals surface area contributed by atoms with E-state index in [1.54, 1.807) is 22.8 Å². The molecule has 13 atom stereocenters. The van der Waals surface area contributed by atoms with E-state index in [-0.39, 0.29) is 53.8 Å². The van der Waals surface area contributed by atoms with Crippen molar-refractivity contribution in [1.82, 2.24) is 9.55 Å². The molecule has 5 N–H and O–H groups in total. The molecule has 284 valence electrons. The smallest absolute Gasteiger partial charge is 0.159 e. The van der Waals surface area contributed by atoms with Crippen LogP contribution in [0.5, 0.6) is 0 Å². The van der Waals surface area contributed by atoms with Crippen LogP contribution < -0.4 is 0 Å². The predicted molar refractivity (Wildman–Crippen MR) is 197 cm³/mol.